The number of carbonyl (C=O) groups is 2. The minimum Gasteiger partial charge on any atom is -0.348 e. The van der Waals surface area contributed by atoms with Gasteiger partial charge in [-0.1, -0.05) is 0 Å². The summed E-state index contributed by atoms with van der Waals surface area (Å²) in [5.74, 6) is -8.86. The zero-order valence-electron chi connectivity index (χ0n) is 8.64. The summed E-state index contributed by atoms with van der Waals surface area (Å²) in [5, 5.41) is 1.88. The van der Waals surface area contributed by atoms with E-state index in [4.69, 9.17) is 0 Å². The highest BCUT2D eigenvalue weighted by Crippen LogP contribution is 2.26. The van der Waals surface area contributed by atoms with E-state index in [1.54, 1.807) is 0 Å². The number of pyridine rings is 1. The second kappa shape index (κ2) is 4.24. The third-order valence-corrected chi connectivity index (χ3v) is 2.24. The Morgan fingerprint density at radius 1 is 0.944 bits per heavy atom. The molecule has 96 valence electrons. The molecule has 0 spiro atoms. The SMILES string of the molecule is O=C1CN(c2c(F)c(F)nc(F)c2F)CC(=O)N1. The molecule has 2 heterocycles. The Labute approximate surface area is 97.4 Å². The van der Waals surface area contributed by atoms with Gasteiger partial charge in [0.25, 0.3) is 11.9 Å². The van der Waals surface area contributed by atoms with Crippen molar-refractivity contribution in [1.29, 1.82) is 0 Å². The summed E-state index contributed by atoms with van der Waals surface area (Å²) in [4.78, 5) is 25.0. The van der Waals surface area contributed by atoms with Crippen LogP contribution in [0.3, 0.4) is 0 Å². The second-order valence-corrected chi connectivity index (χ2v) is 3.50. The van der Waals surface area contributed by atoms with E-state index in [9.17, 15) is 27.2 Å². The summed E-state index contributed by atoms with van der Waals surface area (Å²) < 4.78 is 52.4. The van der Waals surface area contributed by atoms with Gasteiger partial charge in [-0.3, -0.25) is 14.9 Å². The van der Waals surface area contributed by atoms with Crippen LogP contribution in [0.2, 0.25) is 0 Å². The number of imide groups is 1. The lowest BCUT2D eigenvalue weighted by Gasteiger charge is -2.27. The van der Waals surface area contributed by atoms with Gasteiger partial charge in [-0.2, -0.15) is 22.5 Å². The number of halogens is 4. The molecule has 0 radical (unpaired) electrons. The van der Waals surface area contributed by atoms with Crippen LogP contribution in [-0.4, -0.2) is 29.9 Å². The molecule has 1 aromatic heterocycles. The molecule has 0 aliphatic carbocycles. The first-order valence-corrected chi connectivity index (χ1v) is 4.67. The van der Waals surface area contributed by atoms with Crippen LogP contribution in [0.25, 0.3) is 0 Å². The van der Waals surface area contributed by atoms with Crippen LogP contribution in [0.4, 0.5) is 23.2 Å². The molecular weight excluding hydrogens is 258 g/mol. The first kappa shape index (κ1) is 12.3. The second-order valence-electron chi connectivity index (χ2n) is 3.50. The summed E-state index contributed by atoms with van der Waals surface area (Å²) in [6, 6.07) is 0. The van der Waals surface area contributed by atoms with E-state index in [1.807, 2.05) is 5.32 Å². The average Bonchev–Trinajstić information content (AvgIpc) is 2.25. The zero-order chi connectivity index (χ0) is 13.4. The molecule has 2 amide bonds. The molecule has 5 nitrogen and oxygen atoms in total. The molecule has 0 aromatic carbocycles. The summed E-state index contributed by atoms with van der Waals surface area (Å²) in [7, 11) is 0. The molecule has 1 N–H and O–H groups in total. The molecule has 0 unspecified atom stereocenters. The lowest BCUT2D eigenvalue weighted by atomic mass is 10.2. The largest absolute Gasteiger partial charge is 0.348 e. The topological polar surface area (TPSA) is 62.3 Å². The van der Waals surface area contributed by atoms with Crippen LogP contribution in [0.15, 0.2) is 0 Å². The molecule has 9 heteroatoms. The van der Waals surface area contributed by atoms with E-state index in [1.165, 1.54) is 0 Å². The minimum absolute atomic E-state index is 0.595. The van der Waals surface area contributed by atoms with Crippen molar-refractivity contribution >= 4 is 17.5 Å². The van der Waals surface area contributed by atoms with Gasteiger partial charge in [-0.05, 0) is 0 Å². The van der Waals surface area contributed by atoms with Crippen molar-refractivity contribution in [1.82, 2.24) is 10.3 Å². The number of carbonyl (C=O) groups excluding carboxylic acids is 2. The molecular formula is C9H5F4N3O2. The number of hydrogen-bond donors (Lipinski definition) is 1. The van der Waals surface area contributed by atoms with Crippen molar-refractivity contribution in [2.75, 3.05) is 18.0 Å². The number of rotatable bonds is 1. The van der Waals surface area contributed by atoms with E-state index >= 15 is 0 Å². The van der Waals surface area contributed by atoms with Crippen molar-refractivity contribution < 1.29 is 27.2 Å². The van der Waals surface area contributed by atoms with Gasteiger partial charge in [-0.15, -0.1) is 0 Å². The van der Waals surface area contributed by atoms with Gasteiger partial charge >= 0.3 is 0 Å². The van der Waals surface area contributed by atoms with Gasteiger partial charge < -0.3 is 4.90 Å². The summed E-state index contributed by atoms with van der Waals surface area (Å²) in [5.41, 5.74) is -1.12. The van der Waals surface area contributed by atoms with Gasteiger partial charge in [0.2, 0.25) is 23.4 Å². The fourth-order valence-corrected chi connectivity index (χ4v) is 1.55. The fraction of sp³-hybridized carbons (Fsp3) is 0.222. The predicted octanol–water partition coefficient (Wildman–Crippen LogP) is 0.101. The number of aromatic nitrogens is 1. The van der Waals surface area contributed by atoms with Crippen LogP contribution in [-0.2, 0) is 9.59 Å². The van der Waals surface area contributed by atoms with E-state index in [2.05, 4.69) is 4.98 Å². The molecule has 1 aromatic rings. The predicted molar refractivity (Wildman–Crippen MR) is 49.4 cm³/mol. The third kappa shape index (κ3) is 1.98. The number of amides is 2. The molecule has 1 saturated heterocycles. The highest BCUT2D eigenvalue weighted by Gasteiger charge is 2.30. The van der Waals surface area contributed by atoms with Crippen molar-refractivity contribution in [2.45, 2.75) is 0 Å². The van der Waals surface area contributed by atoms with E-state index in [0.717, 1.165) is 0 Å². The van der Waals surface area contributed by atoms with Gasteiger partial charge in [0.1, 0.15) is 5.69 Å². The molecule has 0 atom stereocenters. The number of hydrogen-bond acceptors (Lipinski definition) is 4. The Hall–Kier alpha value is -2.19. The van der Waals surface area contributed by atoms with Gasteiger partial charge in [0.05, 0.1) is 13.1 Å². The van der Waals surface area contributed by atoms with Gasteiger partial charge in [0, 0.05) is 0 Å². The highest BCUT2D eigenvalue weighted by molar-refractivity contribution is 6.02. The van der Waals surface area contributed by atoms with Crippen molar-refractivity contribution in [3.05, 3.63) is 23.5 Å². The van der Waals surface area contributed by atoms with Crippen LogP contribution in [0, 0.1) is 23.5 Å². The van der Waals surface area contributed by atoms with Crippen LogP contribution in [0.5, 0.6) is 0 Å². The first-order valence-electron chi connectivity index (χ1n) is 4.67. The lowest BCUT2D eigenvalue weighted by molar-refractivity contribution is -0.130. The van der Waals surface area contributed by atoms with Crippen LogP contribution < -0.4 is 10.2 Å². The van der Waals surface area contributed by atoms with Gasteiger partial charge in [0.15, 0.2) is 0 Å². The quantitative estimate of drug-likeness (QED) is 0.443. The summed E-state index contributed by atoms with van der Waals surface area (Å²) in [6.07, 6.45) is 0. The fourth-order valence-electron chi connectivity index (χ4n) is 1.55. The van der Waals surface area contributed by atoms with E-state index in [0.29, 0.717) is 4.90 Å². The molecule has 1 aliphatic rings. The van der Waals surface area contributed by atoms with Crippen LogP contribution in [0.1, 0.15) is 0 Å². The van der Waals surface area contributed by atoms with Crippen molar-refractivity contribution in [2.24, 2.45) is 0 Å². The van der Waals surface area contributed by atoms with E-state index in [-0.39, 0.29) is 0 Å². The van der Waals surface area contributed by atoms with E-state index < -0.39 is 54.1 Å². The smallest absolute Gasteiger partial charge is 0.253 e. The first-order chi connectivity index (χ1) is 8.40. The van der Waals surface area contributed by atoms with Gasteiger partial charge in [-0.25, -0.2) is 0 Å². The Balaban J connectivity index is 2.50. The van der Waals surface area contributed by atoms with Crippen LogP contribution >= 0.6 is 0 Å². The zero-order valence-corrected chi connectivity index (χ0v) is 8.64. The molecule has 2 rings (SSSR count). The number of nitrogens with one attached hydrogen (secondary N) is 1. The molecule has 18 heavy (non-hydrogen) atoms. The third-order valence-electron chi connectivity index (χ3n) is 2.24. The standard InChI is InChI=1S/C9H5F4N3O2/c10-5-7(6(11)9(13)15-8(5)12)16-1-3(17)14-4(18)2-16/h1-2H2,(H,14,17,18). The Bertz CT molecular complexity index is 507. The number of piperazine rings is 1. The number of nitrogens with zero attached hydrogens (tertiary/aromatic N) is 2. The normalized spacial score (nSPS) is 15.9. The molecule has 0 saturated carbocycles. The lowest BCUT2D eigenvalue weighted by Crippen LogP contribution is -2.52. The maximum Gasteiger partial charge on any atom is 0.253 e. The van der Waals surface area contributed by atoms with Crippen molar-refractivity contribution in [3.8, 4) is 0 Å². The Morgan fingerprint density at radius 3 is 1.83 bits per heavy atom. The molecule has 1 fully saturated rings. The Morgan fingerprint density at radius 2 is 1.39 bits per heavy atom. The monoisotopic (exact) mass is 263 g/mol. The molecule has 1 aliphatic heterocycles. The number of anilines is 1. The van der Waals surface area contributed by atoms with Crippen molar-refractivity contribution in [3.63, 3.8) is 0 Å². The minimum atomic E-state index is -1.85. The maximum absolute atomic E-state index is 13.4. The molecule has 0 bridgehead atoms. The highest BCUT2D eigenvalue weighted by atomic mass is 19.2. The maximum atomic E-state index is 13.4. The Kier molecular flexibility index (Phi) is 2.89. The summed E-state index contributed by atoms with van der Waals surface area (Å²) in [6.45, 7) is -1.19. The average molecular weight is 263 g/mol. The summed E-state index contributed by atoms with van der Waals surface area (Å²) >= 11 is 0.